The molecule has 58 heavy (non-hydrogen) atoms. The van der Waals surface area contributed by atoms with Crippen LogP contribution in [0.3, 0.4) is 0 Å². The molecule has 3 atom stereocenters. The van der Waals surface area contributed by atoms with E-state index in [0.29, 0.717) is 17.0 Å². The van der Waals surface area contributed by atoms with Crippen LogP contribution in [-0.2, 0) is 25.4 Å². The number of ether oxygens (including phenoxy) is 3. The van der Waals surface area contributed by atoms with Crippen LogP contribution in [0.4, 0.5) is 28.4 Å². The van der Waals surface area contributed by atoms with Gasteiger partial charge in [0.05, 0.1) is 48.4 Å². The number of nitrogens with zero attached hydrogens (tertiary/aromatic N) is 3. The Hall–Kier alpha value is -5.96. The minimum Gasteiger partial charge on any atom is -0.444 e. The van der Waals surface area contributed by atoms with Crippen molar-refractivity contribution in [1.29, 1.82) is 0 Å². The van der Waals surface area contributed by atoms with Gasteiger partial charge >= 0.3 is 12.2 Å². The molecular formula is C43H47F3N6O6. The van der Waals surface area contributed by atoms with Gasteiger partial charge in [-0.1, -0.05) is 36.4 Å². The molecule has 0 aliphatic carbocycles. The lowest BCUT2D eigenvalue weighted by Crippen LogP contribution is -2.50. The van der Waals surface area contributed by atoms with Crippen LogP contribution in [0.15, 0.2) is 85.2 Å². The molecule has 5 aromatic rings. The minimum atomic E-state index is -1.43. The Bertz CT molecular complexity index is 2160. The zero-order valence-electron chi connectivity index (χ0n) is 33.1. The van der Waals surface area contributed by atoms with Crippen molar-refractivity contribution >= 4 is 34.8 Å². The number of carbonyl (C=O) groups excluding carboxylic acids is 3. The summed E-state index contributed by atoms with van der Waals surface area (Å²) in [5.41, 5.74) is 0.799. The summed E-state index contributed by atoms with van der Waals surface area (Å²) in [6, 6.07) is 16.1. The van der Waals surface area contributed by atoms with Crippen molar-refractivity contribution < 1.29 is 41.8 Å². The standard InChI is InChI=1S/C43H47F3N6O6/c1-42(2,3)57-40(54)51-37(36(25-11-15-27(44)16-12-25)26-13-17-28(45)18-14-26)39(53)50-34-22-47-21-31(46)30(34)20-19-29-23-52(41(55)58-43(4,5)6)35(24-56-29)38-48-32-9-7-8-10-33(32)49-38/h7-18,21-22,29,35-37H,19-20,23-24H2,1-6H3,(H,48,49)(H,50,53)(H,51,54)/t29-,35+,37+/m1/s1. The molecule has 3 amide bonds. The number of benzene rings is 3. The lowest BCUT2D eigenvalue weighted by atomic mass is 9.84. The SMILES string of the molecule is CC(C)(C)OC(=O)N[C@H](C(=O)Nc1cncc(F)c1CC[C@@H]1CN(C(=O)OC(C)(C)C)[C@H](c2nc3ccccc3[nH]2)CO1)C(c1ccc(F)cc1)c1ccc(F)cc1. The van der Waals surface area contributed by atoms with Gasteiger partial charge in [0, 0.05) is 11.5 Å². The number of aromatic amines is 1. The van der Waals surface area contributed by atoms with Gasteiger partial charge in [0.1, 0.15) is 46.6 Å². The molecule has 2 aromatic heterocycles. The van der Waals surface area contributed by atoms with Crippen LogP contribution >= 0.6 is 0 Å². The van der Waals surface area contributed by atoms with E-state index in [0.717, 1.165) is 17.2 Å². The molecule has 0 unspecified atom stereocenters. The molecule has 12 nitrogen and oxygen atoms in total. The van der Waals surface area contributed by atoms with Gasteiger partial charge in [0.2, 0.25) is 5.91 Å². The first-order valence-corrected chi connectivity index (χ1v) is 18.9. The van der Waals surface area contributed by atoms with Crippen LogP contribution < -0.4 is 10.6 Å². The van der Waals surface area contributed by atoms with E-state index < -0.39 is 70.9 Å². The van der Waals surface area contributed by atoms with Gasteiger partial charge in [0.15, 0.2) is 0 Å². The largest absolute Gasteiger partial charge is 0.444 e. The number of alkyl carbamates (subject to hydrolysis) is 1. The molecule has 0 bridgehead atoms. The highest BCUT2D eigenvalue weighted by Crippen LogP contribution is 2.33. The number of nitrogens with one attached hydrogen (secondary N) is 3. The molecule has 15 heteroatoms. The number of H-pyrrole nitrogens is 1. The Morgan fingerprint density at radius 1 is 0.879 bits per heavy atom. The summed E-state index contributed by atoms with van der Waals surface area (Å²) in [7, 11) is 0. The van der Waals surface area contributed by atoms with Crippen LogP contribution in [0.25, 0.3) is 11.0 Å². The Morgan fingerprint density at radius 3 is 2.10 bits per heavy atom. The Labute approximate surface area is 334 Å². The average molecular weight is 801 g/mol. The molecule has 3 aromatic carbocycles. The van der Waals surface area contributed by atoms with Gasteiger partial charge in [-0.15, -0.1) is 0 Å². The minimum absolute atomic E-state index is 0.0258. The van der Waals surface area contributed by atoms with Crippen molar-refractivity contribution in [2.75, 3.05) is 18.5 Å². The highest BCUT2D eigenvalue weighted by molar-refractivity contribution is 5.98. The number of amides is 3. The van der Waals surface area contributed by atoms with E-state index in [2.05, 4.69) is 20.6 Å². The smallest absolute Gasteiger partial charge is 0.411 e. The monoisotopic (exact) mass is 800 g/mol. The second-order valence-electron chi connectivity index (χ2n) is 16.1. The fourth-order valence-corrected chi connectivity index (χ4v) is 6.76. The summed E-state index contributed by atoms with van der Waals surface area (Å²) in [5, 5.41) is 5.39. The summed E-state index contributed by atoms with van der Waals surface area (Å²) in [4.78, 5) is 54.7. The zero-order chi connectivity index (χ0) is 41.8. The van der Waals surface area contributed by atoms with E-state index in [-0.39, 0.29) is 37.2 Å². The lowest BCUT2D eigenvalue weighted by molar-refractivity contribution is -0.118. The van der Waals surface area contributed by atoms with Crippen molar-refractivity contribution in [1.82, 2.24) is 25.2 Å². The lowest BCUT2D eigenvalue weighted by Gasteiger charge is -2.39. The molecule has 0 spiro atoms. The second kappa shape index (κ2) is 17.3. The number of hydrogen-bond donors (Lipinski definition) is 3. The Kier molecular flexibility index (Phi) is 12.4. The maximum Gasteiger partial charge on any atom is 0.411 e. The predicted molar refractivity (Wildman–Crippen MR) is 210 cm³/mol. The summed E-state index contributed by atoms with van der Waals surface area (Å²) >= 11 is 0. The quantitative estimate of drug-likeness (QED) is 0.128. The third-order valence-corrected chi connectivity index (χ3v) is 9.34. The van der Waals surface area contributed by atoms with E-state index in [4.69, 9.17) is 19.2 Å². The molecule has 0 saturated carbocycles. The first-order chi connectivity index (χ1) is 27.4. The molecule has 3 N–H and O–H groups in total. The molecule has 1 saturated heterocycles. The topological polar surface area (TPSA) is 148 Å². The molecule has 1 aliphatic heterocycles. The van der Waals surface area contributed by atoms with Gasteiger partial charge in [0.25, 0.3) is 0 Å². The summed E-state index contributed by atoms with van der Waals surface area (Å²) in [6.07, 6.45) is 0.538. The number of morpholine rings is 1. The number of halogens is 3. The molecule has 6 rings (SSSR count). The van der Waals surface area contributed by atoms with Crippen molar-refractivity contribution in [2.24, 2.45) is 0 Å². The predicted octanol–water partition coefficient (Wildman–Crippen LogP) is 8.35. The van der Waals surface area contributed by atoms with Crippen molar-refractivity contribution in [3.05, 3.63) is 125 Å². The Morgan fingerprint density at radius 2 is 1.50 bits per heavy atom. The fraction of sp³-hybridized carbons (Fsp3) is 0.372. The number of aromatic nitrogens is 3. The Balaban J connectivity index is 1.26. The van der Waals surface area contributed by atoms with Crippen molar-refractivity contribution in [3.8, 4) is 0 Å². The van der Waals surface area contributed by atoms with Crippen molar-refractivity contribution in [2.45, 2.75) is 89.7 Å². The average Bonchev–Trinajstić information content (AvgIpc) is 3.58. The number of para-hydroxylation sites is 2. The van der Waals surface area contributed by atoms with Gasteiger partial charge in [-0.25, -0.2) is 27.7 Å². The van der Waals surface area contributed by atoms with Crippen LogP contribution in [0, 0.1) is 17.5 Å². The highest BCUT2D eigenvalue weighted by Gasteiger charge is 2.38. The van der Waals surface area contributed by atoms with Crippen molar-refractivity contribution in [3.63, 3.8) is 0 Å². The van der Waals surface area contributed by atoms with Crippen LogP contribution in [0.5, 0.6) is 0 Å². The van der Waals surface area contributed by atoms with Crippen LogP contribution in [0.2, 0.25) is 0 Å². The maximum atomic E-state index is 15.7. The van der Waals surface area contributed by atoms with Gasteiger partial charge in [-0.3, -0.25) is 14.7 Å². The van der Waals surface area contributed by atoms with E-state index in [9.17, 15) is 23.2 Å². The van der Waals surface area contributed by atoms with E-state index >= 15 is 4.39 Å². The van der Waals surface area contributed by atoms with Crippen LogP contribution in [0.1, 0.15) is 82.4 Å². The number of anilines is 1. The third-order valence-electron chi connectivity index (χ3n) is 9.34. The third kappa shape index (κ3) is 10.5. The first-order valence-electron chi connectivity index (χ1n) is 18.9. The van der Waals surface area contributed by atoms with Gasteiger partial charge in [-0.05, 0) is 102 Å². The zero-order valence-corrected chi connectivity index (χ0v) is 33.1. The van der Waals surface area contributed by atoms with E-state index in [1.165, 1.54) is 54.7 Å². The normalized spacial score (nSPS) is 16.6. The first kappa shape index (κ1) is 41.7. The van der Waals surface area contributed by atoms with Gasteiger partial charge < -0.3 is 29.8 Å². The number of carbonyl (C=O) groups is 3. The summed E-state index contributed by atoms with van der Waals surface area (Å²) in [6.45, 7) is 10.5. The number of hydrogen-bond acceptors (Lipinski definition) is 8. The van der Waals surface area contributed by atoms with Crippen LogP contribution in [-0.4, -0.2) is 74.4 Å². The highest BCUT2D eigenvalue weighted by atomic mass is 19.1. The molecular weight excluding hydrogens is 754 g/mol. The summed E-state index contributed by atoms with van der Waals surface area (Å²) in [5.74, 6) is -2.99. The number of fused-ring (bicyclic) bond motifs is 1. The maximum absolute atomic E-state index is 15.7. The van der Waals surface area contributed by atoms with E-state index in [1.807, 2.05) is 24.3 Å². The van der Waals surface area contributed by atoms with Gasteiger partial charge in [-0.2, -0.15) is 0 Å². The molecule has 306 valence electrons. The molecule has 1 fully saturated rings. The van der Waals surface area contributed by atoms with E-state index in [1.54, 1.807) is 46.4 Å². The second-order valence-corrected chi connectivity index (χ2v) is 16.1. The summed E-state index contributed by atoms with van der Waals surface area (Å²) < 4.78 is 61.4. The number of imidazole rings is 1. The molecule has 1 aliphatic rings. The fourth-order valence-electron chi connectivity index (χ4n) is 6.76. The molecule has 0 radical (unpaired) electrons. The number of rotatable bonds is 10. The number of pyridine rings is 1. The molecule has 3 heterocycles.